The first-order chi connectivity index (χ1) is 4.52. The van der Waals surface area contributed by atoms with Crippen molar-refractivity contribution in [2.45, 2.75) is 40.5 Å². The highest BCUT2D eigenvalue weighted by Gasteiger charge is 2.24. The first-order valence-corrected chi connectivity index (χ1v) is 4.22. The van der Waals surface area contributed by atoms with Gasteiger partial charge in [-0.25, -0.2) is 0 Å². The Labute approximate surface area is 64.3 Å². The fourth-order valence-corrected chi connectivity index (χ4v) is 1.89. The monoisotopic (exact) mass is 138 g/mol. The summed E-state index contributed by atoms with van der Waals surface area (Å²) in [4.78, 5) is 0. The topological polar surface area (TPSA) is 0 Å². The molecule has 0 radical (unpaired) electrons. The van der Waals surface area contributed by atoms with E-state index in [4.69, 9.17) is 0 Å². The van der Waals surface area contributed by atoms with Crippen LogP contribution < -0.4 is 0 Å². The molecule has 0 N–H and O–H groups in total. The van der Waals surface area contributed by atoms with Gasteiger partial charge in [-0.15, -0.1) is 0 Å². The van der Waals surface area contributed by atoms with Crippen molar-refractivity contribution in [3.05, 3.63) is 11.6 Å². The van der Waals surface area contributed by atoms with Crippen LogP contribution >= 0.6 is 0 Å². The highest BCUT2D eigenvalue weighted by molar-refractivity contribution is 5.18. The minimum absolute atomic E-state index is 0.413. The third-order valence-electron chi connectivity index (χ3n) is 2.36. The van der Waals surface area contributed by atoms with E-state index in [1.807, 2.05) is 0 Å². The largest absolute Gasteiger partial charge is 0.0845 e. The summed E-state index contributed by atoms with van der Waals surface area (Å²) in [6, 6.07) is 0. The van der Waals surface area contributed by atoms with Crippen LogP contribution in [0.4, 0.5) is 0 Å². The molecule has 1 rings (SSSR count). The molecular formula is C10H18. The molecule has 0 saturated heterocycles. The summed E-state index contributed by atoms with van der Waals surface area (Å²) in [6.45, 7) is 9.26. The zero-order valence-corrected chi connectivity index (χ0v) is 7.57. The van der Waals surface area contributed by atoms with Crippen molar-refractivity contribution in [1.29, 1.82) is 0 Å². The highest BCUT2D eigenvalue weighted by atomic mass is 14.3. The normalized spacial score (nSPS) is 26.8. The van der Waals surface area contributed by atoms with Crippen molar-refractivity contribution < 1.29 is 0 Å². The maximum absolute atomic E-state index is 2.42. The van der Waals surface area contributed by atoms with E-state index in [2.05, 4.69) is 33.8 Å². The molecule has 58 valence electrons. The van der Waals surface area contributed by atoms with Gasteiger partial charge in [0.25, 0.3) is 0 Å². The van der Waals surface area contributed by atoms with Crippen molar-refractivity contribution in [2.24, 2.45) is 11.3 Å². The van der Waals surface area contributed by atoms with Gasteiger partial charge in [0, 0.05) is 0 Å². The zero-order chi connectivity index (χ0) is 7.78. The maximum atomic E-state index is 2.42. The van der Waals surface area contributed by atoms with Crippen LogP contribution in [0.25, 0.3) is 0 Å². The molecular weight excluding hydrogens is 120 g/mol. The van der Waals surface area contributed by atoms with Crippen molar-refractivity contribution >= 4 is 0 Å². The third kappa shape index (κ3) is 1.42. The molecule has 0 aromatic rings. The Kier molecular flexibility index (Phi) is 1.89. The first kappa shape index (κ1) is 7.84. The molecule has 10 heavy (non-hydrogen) atoms. The smallest absolute Gasteiger partial charge is 0.0170 e. The van der Waals surface area contributed by atoms with Crippen molar-refractivity contribution in [2.75, 3.05) is 0 Å². The van der Waals surface area contributed by atoms with Crippen LogP contribution in [0, 0.1) is 11.3 Å². The average Bonchev–Trinajstić information content (AvgIpc) is 2.11. The summed E-state index contributed by atoms with van der Waals surface area (Å²) < 4.78 is 0. The summed E-state index contributed by atoms with van der Waals surface area (Å²) in [6.07, 6.45) is 5.09. The number of hydrogen-bond acceptors (Lipinski definition) is 0. The predicted octanol–water partition coefficient (Wildman–Crippen LogP) is 3.39. The molecule has 0 unspecified atom stereocenters. The number of hydrogen-bond donors (Lipinski definition) is 0. The SMILES string of the molecule is C[C@H]1CCC=C1C(C)(C)C. The van der Waals surface area contributed by atoms with Crippen LogP contribution in [0.1, 0.15) is 40.5 Å². The molecule has 0 spiro atoms. The Bertz CT molecular complexity index is 146. The van der Waals surface area contributed by atoms with Crippen LogP contribution in [0.5, 0.6) is 0 Å². The van der Waals surface area contributed by atoms with Crippen LogP contribution in [-0.4, -0.2) is 0 Å². The molecule has 0 saturated carbocycles. The molecule has 0 bridgehead atoms. The van der Waals surface area contributed by atoms with Crippen molar-refractivity contribution in [3.8, 4) is 0 Å². The van der Waals surface area contributed by atoms with E-state index in [0.29, 0.717) is 5.41 Å². The molecule has 0 heterocycles. The van der Waals surface area contributed by atoms with E-state index in [1.54, 1.807) is 5.57 Å². The number of allylic oxidation sites excluding steroid dienone is 2. The standard InChI is InChI=1S/C10H18/c1-8-6-5-7-9(8)10(2,3)4/h7-8H,5-6H2,1-4H3/t8-/m0/s1. The van der Waals surface area contributed by atoms with Crippen LogP contribution in [-0.2, 0) is 0 Å². The molecule has 1 aliphatic carbocycles. The van der Waals surface area contributed by atoms with Crippen LogP contribution in [0.2, 0.25) is 0 Å². The lowest BCUT2D eigenvalue weighted by Gasteiger charge is -2.24. The number of rotatable bonds is 0. The molecule has 1 atom stereocenters. The lowest BCUT2D eigenvalue weighted by molar-refractivity contribution is 0.444. The predicted molar refractivity (Wildman–Crippen MR) is 45.9 cm³/mol. The van der Waals surface area contributed by atoms with Gasteiger partial charge in [0.2, 0.25) is 0 Å². The second-order valence-electron chi connectivity index (χ2n) is 4.39. The van der Waals surface area contributed by atoms with Crippen molar-refractivity contribution in [1.82, 2.24) is 0 Å². The Morgan fingerprint density at radius 1 is 1.40 bits per heavy atom. The quantitative estimate of drug-likeness (QED) is 0.450. The minimum atomic E-state index is 0.413. The molecule has 0 amide bonds. The van der Waals surface area contributed by atoms with E-state index in [9.17, 15) is 0 Å². The van der Waals surface area contributed by atoms with Gasteiger partial charge in [0.05, 0.1) is 0 Å². The van der Waals surface area contributed by atoms with Gasteiger partial charge >= 0.3 is 0 Å². The molecule has 0 aromatic heterocycles. The highest BCUT2D eigenvalue weighted by Crippen LogP contribution is 2.37. The third-order valence-corrected chi connectivity index (χ3v) is 2.36. The summed E-state index contributed by atoms with van der Waals surface area (Å²) in [5.41, 5.74) is 2.07. The first-order valence-electron chi connectivity index (χ1n) is 4.22. The fraction of sp³-hybridized carbons (Fsp3) is 0.800. The van der Waals surface area contributed by atoms with Gasteiger partial charge in [-0.05, 0) is 24.2 Å². The Balaban J connectivity index is 2.72. The van der Waals surface area contributed by atoms with E-state index in [-0.39, 0.29) is 0 Å². The van der Waals surface area contributed by atoms with E-state index < -0.39 is 0 Å². The second-order valence-corrected chi connectivity index (χ2v) is 4.39. The Hall–Kier alpha value is -0.260. The molecule has 0 aromatic carbocycles. The van der Waals surface area contributed by atoms with Gasteiger partial charge in [-0.3, -0.25) is 0 Å². The van der Waals surface area contributed by atoms with Crippen LogP contribution in [0.3, 0.4) is 0 Å². The van der Waals surface area contributed by atoms with Gasteiger partial charge in [-0.2, -0.15) is 0 Å². The van der Waals surface area contributed by atoms with Gasteiger partial charge in [0.1, 0.15) is 0 Å². The van der Waals surface area contributed by atoms with Crippen LogP contribution in [0.15, 0.2) is 11.6 Å². The molecule has 0 aliphatic heterocycles. The van der Waals surface area contributed by atoms with Crippen molar-refractivity contribution in [3.63, 3.8) is 0 Å². The maximum Gasteiger partial charge on any atom is -0.0170 e. The fourth-order valence-electron chi connectivity index (χ4n) is 1.89. The summed E-state index contributed by atoms with van der Waals surface area (Å²) in [5, 5.41) is 0. The molecule has 1 aliphatic rings. The summed E-state index contributed by atoms with van der Waals surface area (Å²) >= 11 is 0. The van der Waals surface area contributed by atoms with Gasteiger partial charge < -0.3 is 0 Å². The Morgan fingerprint density at radius 3 is 2.20 bits per heavy atom. The van der Waals surface area contributed by atoms with E-state index in [1.165, 1.54) is 12.8 Å². The van der Waals surface area contributed by atoms with E-state index >= 15 is 0 Å². The molecule has 0 fully saturated rings. The Morgan fingerprint density at radius 2 is 2.00 bits per heavy atom. The summed E-state index contributed by atoms with van der Waals surface area (Å²) in [5.74, 6) is 0.833. The summed E-state index contributed by atoms with van der Waals surface area (Å²) in [7, 11) is 0. The van der Waals surface area contributed by atoms with Gasteiger partial charge in [-0.1, -0.05) is 39.3 Å². The lowest BCUT2D eigenvalue weighted by Crippen LogP contribution is -2.12. The second kappa shape index (κ2) is 2.41. The lowest BCUT2D eigenvalue weighted by atomic mass is 9.81. The average molecular weight is 138 g/mol. The molecule has 0 heteroatoms. The van der Waals surface area contributed by atoms with Gasteiger partial charge in [0.15, 0.2) is 0 Å². The zero-order valence-electron chi connectivity index (χ0n) is 7.57. The minimum Gasteiger partial charge on any atom is -0.0845 e. The molecule has 0 nitrogen and oxygen atoms in total. The van der Waals surface area contributed by atoms with E-state index in [0.717, 1.165) is 5.92 Å².